The zero-order chi connectivity index (χ0) is 20.9. The molecule has 4 aromatic rings. The van der Waals surface area contributed by atoms with Crippen molar-refractivity contribution in [2.45, 2.75) is 33.1 Å². The molecule has 0 aliphatic heterocycles. The number of nitrogens with one attached hydrogen (secondary N) is 1. The van der Waals surface area contributed by atoms with Crippen molar-refractivity contribution < 1.29 is 4.79 Å². The average molecular weight is 396 g/mol. The van der Waals surface area contributed by atoms with Crippen LogP contribution in [-0.2, 0) is 6.42 Å². The molecule has 150 valence electrons. The number of ketones is 1. The van der Waals surface area contributed by atoms with Crippen LogP contribution in [0.2, 0.25) is 0 Å². The van der Waals surface area contributed by atoms with Crippen LogP contribution in [0.1, 0.15) is 42.7 Å². The summed E-state index contributed by atoms with van der Waals surface area (Å²) in [6.07, 6.45) is 6.90. The molecule has 4 rings (SSSR count). The molecule has 0 aliphatic carbocycles. The maximum atomic E-state index is 12.3. The fraction of sp³-hybridized carbons (Fsp3) is 0.192. The summed E-state index contributed by atoms with van der Waals surface area (Å²) >= 11 is 0. The summed E-state index contributed by atoms with van der Waals surface area (Å²) in [6.45, 7) is 3.76. The maximum Gasteiger partial charge on any atom is 0.163 e. The van der Waals surface area contributed by atoms with Crippen LogP contribution in [0.3, 0.4) is 0 Å². The first kappa shape index (κ1) is 19.8. The van der Waals surface area contributed by atoms with Gasteiger partial charge < -0.3 is 5.32 Å². The van der Waals surface area contributed by atoms with E-state index in [0.717, 1.165) is 58.4 Å². The van der Waals surface area contributed by atoms with E-state index >= 15 is 0 Å². The highest BCUT2D eigenvalue weighted by molar-refractivity contribution is 6.08. The number of unbranched alkanes of at least 4 members (excludes halogenated alkanes) is 1. The molecular formula is C26H25N3O. The predicted molar refractivity (Wildman–Crippen MR) is 123 cm³/mol. The summed E-state index contributed by atoms with van der Waals surface area (Å²) in [5.41, 5.74) is 6.36. The lowest BCUT2D eigenvalue weighted by molar-refractivity contribution is 0.101. The van der Waals surface area contributed by atoms with Crippen molar-refractivity contribution in [1.82, 2.24) is 9.97 Å². The van der Waals surface area contributed by atoms with E-state index in [9.17, 15) is 4.79 Å². The van der Waals surface area contributed by atoms with Crippen molar-refractivity contribution in [2.75, 3.05) is 5.32 Å². The summed E-state index contributed by atoms with van der Waals surface area (Å²) in [6, 6.07) is 20.2. The van der Waals surface area contributed by atoms with Crippen LogP contribution in [0, 0.1) is 0 Å². The number of benzene rings is 2. The Bertz CT molecular complexity index is 1170. The highest BCUT2D eigenvalue weighted by Crippen LogP contribution is 2.32. The Labute approximate surface area is 177 Å². The smallest absolute Gasteiger partial charge is 0.163 e. The third kappa shape index (κ3) is 4.23. The predicted octanol–water partition coefficient (Wildman–Crippen LogP) is 6.59. The molecule has 0 bridgehead atoms. The first-order valence-corrected chi connectivity index (χ1v) is 10.4. The highest BCUT2D eigenvalue weighted by Gasteiger charge is 2.14. The SMILES string of the molecule is CCCCc1ccc(-c2ccc3ncc(C(C)=O)c(Nc4ccccc4)c3c2)cn1. The van der Waals surface area contributed by atoms with Crippen LogP contribution < -0.4 is 5.32 Å². The number of hydrogen-bond donors (Lipinski definition) is 1. The lowest BCUT2D eigenvalue weighted by Gasteiger charge is -2.14. The van der Waals surface area contributed by atoms with Gasteiger partial charge in [-0.25, -0.2) is 0 Å². The normalized spacial score (nSPS) is 10.9. The monoisotopic (exact) mass is 395 g/mol. The van der Waals surface area contributed by atoms with Crippen LogP contribution in [0.25, 0.3) is 22.0 Å². The molecule has 0 saturated heterocycles. The second-order valence-electron chi connectivity index (χ2n) is 7.47. The van der Waals surface area contributed by atoms with E-state index in [2.05, 4.69) is 46.5 Å². The van der Waals surface area contributed by atoms with Gasteiger partial charge in [-0.15, -0.1) is 0 Å². The zero-order valence-electron chi connectivity index (χ0n) is 17.4. The second kappa shape index (κ2) is 8.87. The molecule has 4 heteroatoms. The van der Waals surface area contributed by atoms with Gasteiger partial charge in [0.2, 0.25) is 0 Å². The lowest BCUT2D eigenvalue weighted by Crippen LogP contribution is -2.03. The van der Waals surface area contributed by atoms with Gasteiger partial charge in [0.1, 0.15) is 0 Å². The Morgan fingerprint density at radius 2 is 1.73 bits per heavy atom. The zero-order valence-corrected chi connectivity index (χ0v) is 17.4. The minimum atomic E-state index is -0.0184. The third-order valence-corrected chi connectivity index (χ3v) is 5.23. The van der Waals surface area contributed by atoms with E-state index in [1.165, 1.54) is 0 Å². The topological polar surface area (TPSA) is 54.9 Å². The van der Waals surface area contributed by atoms with Crippen molar-refractivity contribution in [3.8, 4) is 11.1 Å². The second-order valence-corrected chi connectivity index (χ2v) is 7.47. The number of Topliss-reactive ketones (excluding diaryl/α,β-unsaturated/α-hetero) is 1. The summed E-state index contributed by atoms with van der Waals surface area (Å²) in [7, 11) is 0. The van der Waals surface area contributed by atoms with Gasteiger partial charge in [-0.05, 0) is 55.7 Å². The molecule has 0 unspecified atom stereocenters. The van der Waals surface area contributed by atoms with Crippen LogP contribution >= 0.6 is 0 Å². The number of pyridine rings is 2. The first-order chi connectivity index (χ1) is 14.7. The number of hydrogen-bond acceptors (Lipinski definition) is 4. The minimum absolute atomic E-state index is 0.0184. The molecule has 1 N–H and O–H groups in total. The summed E-state index contributed by atoms with van der Waals surface area (Å²) in [4.78, 5) is 21.4. The van der Waals surface area contributed by atoms with Gasteiger partial charge in [0.25, 0.3) is 0 Å². The number of carbonyl (C=O) groups excluding carboxylic acids is 1. The van der Waals surface area contributed by atoms with Crippen molar-refractivity contribution in [3.05, 3.63) is 84.3 Å². The number of nitrogens with zero attached hydrogens (tertiary/aromatic N) is 2. The molecular weight excluding hydrogens is 370 g/mol. The van der Waals surface area contributed by atoms with Gasteiger partial charge in [0, 0.05) is 34.7 Å². The quantitative estimate of drug-likeness (QED) is 0.359. The summed E-state index contributed by atoms with van der Waals surface area (Å²) in [5.74, 6) is -0.0184. The first-order valence-electron chi connectivity index (χ1n) is 10.4. The van der Waals surface area contributed by atoms with E-state index < -0.39 is 0 Å². The number of anilines is 2. The summed E-state index contributed by atoms with van der Waals surface area (Å²) < 4.78 is 0. The van der Waals surface area contributed by atoms with E-state index in [0.29, 0.717) is 5.56 Å². The van der Waals surface area contributed by atoms with Crippen molar-refractivity contribution in [1.29, 1.82) is 0 Å². The van der Waals surface area contributed by atoms with Gasteiger partial charge in [0.05, 0.1) is 16.8 Å². The number of para-hydroxylation sites is 1. The Kier molecular flexibility index (Phi) is 5.84. The molecule has 0 fully saturated rings. The van der Waals surface area contributed by atoms with Crippen LogP contribution in [0.5, 0.6) is 0 Å². The molecule has 2 aromatic carbocycles. The molecule has 0 amide bonds. The fourth-order valence-corrected chi connectivity index (χ4v) is 3.54. The van der Waals surface area contributed by atoms with Gasteiger partial charge in [-0.3, -0.25) is 14.8 Å². The lowest BCUT2D eigenvalue weighted by atomic mass is 10.0. The minimum Gasteiger partial charge on any atom is -0.354 e. The highest BCUT2D eigenvalue weighted by atomic mass is 16.1. The van der Waals surface area contributed by atoms with Gasteiger partial charge in [-0.1, -0.05) is 43.7 Å². The van der Waals surface area contributed by atoms with E-state index in [1.807, 2.05) is 42.6 Å². The summed E-state index contributed by atoms with van der Waals surface area (Å²) in [5, 5.41) is 4.35. The molecule has 0 radical (unpaired) electrons. The van der Waals surface area contributed by atoms with Crippen molar-refractivity contribution in [3.63, 3.8) is 0 Å². The van der Waals surface area contributed by atoms with E-state index in [4.69, 9.17) is 0 Å². The number of aryl methyl sites for hydroxylation is 1. The number of rotatable bonds is 7. The van der Waals surface area contributed by atoms with Gasteiger partial charge in [-0.2, -0.15) is 0 Å². The standard InChI is InChI=1S/C26H25N3O/c1-3-4-8-21-13-11-20(16-27-21)19-12-14-25-23(15-19)26(24(17-28-25)18(2)30)29-22-9-6-5-7-10-22/h5-7,9-17H,3-4,8H2,1-2H3,(H,28,29). The number of carbonyl (C=O) groups is 1. The van der Waals surface area contributed by atoms with E-state index in [1.54, 1.807) is 13.1 Å². The molecule has 0 aliphatic rings. The average Bonchev–Trinajstić information content (AvgIpc) is 2.78. The molecule has 30 heavy (non-hydrogen) atoms. The Balaban J connectivity index is 1.78. The Morgan fingerprint density at radius 3 is 2.43 bits per heavy atom. The molecule has 2 aromatic heterocycles. The van der Waals surface area contributed by atoms with Gasteiger partial charge >= 0.3 is 0 Å². The third-order valence-electron chi connectivity index (χ3n) is 5.23. The fourth-order valence-electron chi connectivity index (χ4n) is 3.54. The van der Waals surface area contributed by atoms with Crippen LogP contribution in [0.4, 0.5) is 11.4 Å². The van der Waals surface area contributed by atoms with Crippen molar-refractivity contribution in [2.24, 2.45) is 0 Å². The van der Waals surface area contributed by atoms with Crippen LogP contribution in [0.15, 0.2) is 73.1 Å². The van der Waals surface area contributed by atoms with Crippen molar-refractivity contribution >= 4 is 28.1 Å². The van der Waals surface area contributed by atoms with E-state index in [-0.39, 0.29) is 5.78 Å². The Morgan fingerprint density at radius 1 is 0.933 bits per heavy atom. The maximum absolute atomic E-state index is 12.3. The molecule has 4 nitrogen and oxygen atoms in total. The molecule has 0 saturated carbocycles. The van der Waals surface area contributed by atoms with Crippen LogP contribution in [-0.4, -0.2) is 15.8 Å². The largest absolute Gasteiger partial charge is 0.354 e. The molecule has 0 atom stereocenters. The molecule has 2 heterocycles. The number of fused-ring (bicyclic) bond motifs is 1. The Hall–Kier alpha value is -3.53. The number of aromatic nitrogens is 2. The van der Waals surface area contributed by atoms with Gasteiger partial charge in [0.15, 0.2) is 5.78 Å². The molecule has 0 spiro atoms.